The Morgan fingerprint density at radius 1 is 1.33 bits per heavy atom. The minimum atomic E-state index is 0.364. The summed E-state index contributed by atoms with van der Waals surface area (Å²) in [7, 11) is 0. The SMILES string of the molecule is N#Cc1cnn(C2CCN(Cc3nnc(C4CC4)s3)C2)c1. The van der Waals surface area contributed by atoms with E-state index in [1.165, 1.54) is 17.8 Å². The number of hydrogen-bond donors (Lipinski definition) is 0. The number of nitriles is 1. The molecule has 0 spiro atoms. The van der Waals surface area contributed by atoms with E-state index in [1.54, 1.807) is 17.5 Å². The van der Waals surface area contributed by atoms with Gasteiger partial charge in [-0.15, -0.1) is 10.2 Å². The molecule has 0 aromatic carbocycles. The first kappa shape index (κ1) is 12.9. The zero-order valence-electron chi connectivity index (χ0n) is 11.6. The molecular formula is C14H16N6S. The highest BCUT2D eigenvalue weighted by Gasteiger charge is 2.29. The Balaban J connectivity index is 1.38. The van der Waals surface area contributed by atoms with Crippen LogP contribution in [0.3, 0.4) is 0 Å². The normalized spacial score (nSPS) is 22.5. The predicted octanol–water partition coefficient (Wildman–Crippen LogP) is 1.93. The largest absolute Gasteiger partial charge is 0.294 e. The van der Waals surface area contributed by atoms with Gasteiger partial charge in [-0.25, -0.2) is 0 Å². The van der Waals surface area contributed by atoms with Crippen molar-refractivity contribution in [1.82, 2.24) is 24.9 Å². The Morgan fingerprint density at radius 2 is 2.24 bits per heavy atom. The molecule has 0 bridgehead atoms. The standard InChI is InChI=1S/C14H16N6S/c15-5-10-6-16-20(7-10)12-3-4-19(8-12)9-13-17-18-14(21-13)11-1-2-11/h6-7,11-12H,1-4,8-9H2. The third-order valence-corrected chi connectivity index (χ3v) is 5.19. The van der Waals surface area contributed by atoms with Crippen molar-refractivity contribution in [2.45, 2.75) is 37.8 Å². The predicted molar refractivity (Wildman–Crippen MR) is 77.8 cm³/mol. The van der Waals surface area contributed by atoms with Crippen LogP contribution in [0.1, 0.15) is 46.8 Å². The second-order valence-corrected chi connectivity index (χ2v) is 6.90. The highest BCUT2D eigenvalue weighted by Crippen LogP contribution is 2.41. The minimum absolute atomic E-state index is 0.364. The summed E-state index contributed by atoms with van der Waals surface area (Å²) >= 11 is 1.77. The fourth-order valence-corrected chi connectivity index (χ4v) is 3.84. The Bertz CT molecular complexity index is 680. The maximum absolute atomic E-state index is 8.87. The molecule has 1 unspecified atom stereocenters. The molecule has 21 heavy (non-hydrogen) atoms. The van der Waals surface area contributed by atoms with Crippen LogP contribution in [0.5, 0.6) is 0 Å². The number of hydrogen-bond acceptors (Lipinski definition) is 6. The molecule has 1 aliphatic carbocycles. The third kappa shape index (κ3) is 2.69. The number of rotatable bonds is 4. The molecule has 4 rings (SSSR count). The van der Waals surface area contributed by atoms with Gasteiger partial charge in [-0.05, 0) is 19.3 Å². The van der Waals surface area contributed by atoms with Gasteiger partial charge in [0.25, 0.3) is 0 Å². The molecule has 6 nitrogen and oxygen atoms in total. The van der Waals surface area contributed by atoms with Gasteiger partial charge in [0.05, 0.1) is 24.3 Å². The lowest BCUT2D eigenvalue weighted by Gasteiger charge is -2.14. The second kappa shape index (κ2) is 5.20. The van der Waals surface area contributed by atoms with Gasteiger partial charge in [-0.1, -0.05) is 11.3 Å². The van der Waals surface area contributed by atoms with Crippen molar-refractivity contribution < 1.29 is 0 Å². The van der Waals surface area contributed by atoms with E-state index in [4.69, 9.17) is 5.26 Å². The fourth-order valence-electron chi connectivity index (χ4n) is 2.78. The fraction of sp³-hybridized carbons (Fsp3) is 0.571. The lowest BCUT2D eigenvalue weighted by Crippen LogP contribution is -2.21. The van der Waals surface area contributed by atoms with Gasteiger partial charge in [-0.3, -0.25) is 9.58 Å². The van der Waals surface area contributed by atoms with Crippen LogP contribution < -0.4 is 0 Å². The van der Waals surface area contributed by atoms with Crippen LogP contribution in [0.15, 0.2) is 12.4 Å². The Labute approximate surface area is 127 Å². The van der Waals surface area contributed by atoms with Crippen LogP contribution in [0, 0.1) is 11.3 Å². The van der Waals surface area contributed by atoms with Crippen LogP contribution in [-0.4, -0.2) is 38.0 Å². The van der Waals surface area contributed by atoms with Crippen LogP contribution in [0.2, 0.25) is 0 Å². The van der Waals surface area contributed by atoms with Crippen LogP contribution in [0.25, 0.3) is 0 Å². The molecule has 2 fully saturated rings. The second-order valence-electron chi connectivity index (χ2n) is 5.81. The molecule has 3 heterocycles. The third-order valence-electron chi connectivity index (χ3n) is 4.12. The van der Waals surface area contributed by atoms with E-state index in [9.17, 15) is 0 Å². The Hall–Kier alpha value is -1.78. The highest BCUT2D eigenvalue weighted by molar-refractivity contribution is 7.11. The van der Waals surface area contributed by atoms with E-state index < -0.39 is 0 Å². The Kier molecular flexibility index (Phi) is 3.20. The van der Waals surface area contributed by atoms with E-state index in [0.29, 0.717) is 17.5 Å². The summed E-state index contributed by atoms with van der Waals surface area (Å²) in [5.74, 6) is 0.691. The van der Waals surface area contributed by atoms with E-state index >= 15 is 0 Å². The topological polar surface area (TPSA) is 70.6 Å². The molecule has 0 N–H and O–H groups in total. The van der Waals surface area contributed by atoms with E-state index in [0.717, 1.165) is 31.1 Å². The molecule has 1 saturated carbocycles. The van der Waals surface area contributed by atoms with Crippen molar-refractivity contribution in [3.8, 4) is 6.07 Å². The summed E-state index contributed by atoms with van der Waals surface area (Å²) in [6.45, 7) is 2.89. The van der Waals surface area contributed by atoms with Gasteiger partial charge in [0.2, 0.25) is 0 Å². The first-order valence-corrected chi connectivity index (χ1v) is 8.12. The molecular weight excluding hydrogens is 284 g/mol. The molecule has 2 aromatic rings. The van der Waals surface area contributed by atoms with Crippen molar-refractivity contribution in [3.05, 3.63) is 28.0 Å². The van der Waals surface area contributed by atoms with Gasteiger partial charge >= 0.3 is 0 Å². The highest BCUT2D eigenvalue weighted by atomic mass is 32.1. The molecule has 0 amide bonds. The van der Waals surface area contributed by atoms with Gasteiger partial charge < -0.3 is 0 Å². The number of nitrogens with zero attached hydrogens (tertiary/aromatic N) is 6. The van der Waals surface area contributed by atoms with Crippen LogP contribution >= 0.6 is 11.3 Å². The van der Waals surface area contributed by atoms with Gasteiger partial charge in [0.15, 0.2) is 0 Å². The lowest BCUT2D eigenvalue weighted by atomic mass is 10.3. The first-order chi connectivity index (χ1) is 10.3. The molecule has 7 heteroatoms. The zero-order valence-corrected chi connectivity index (χ0v) is 12.5. The van der Waals surface area contributed by atoms with Crippen LogP contribution in [-0.2, 0) is 6.54 Å². The lowest BCUT2D eigenvalue weighted by molar-refractivity contribution is 0.310. The van der Waals surface area contributed by atoms with Crippen molar-refractivity contribution in [1.29, 1.82) is 5.26 Å². The zero-order chi connectivity index (χ0) is 14.2. The summed E-state index contributed by atoms with van der Waals surface area (Å²) in [6, 6.07) is 2.49. The molecule has 2 aliphatic rings. The van der Waals surface area contributed by atoms with Crippen molar-refractivity contribution >= 4 is 11.3 Å². The quantitative estimate of drug-likeness (QED) is 0.863. The van der Waals surface area contributed by atoms with E-state index in [-0.39, 0.29) is 0 Å². The smallest absolute Gasteiger partial charge is 0.131 e. The van der Waals surface area contributed by atoms with Gasteiger partial charge in [0.1, 0.15) is 16.1 Å². The average Bonchev–Trinajstić information content (AvgIpc) is 2.95. The molecule has 108 valence electrons. The molecule has 2 aromatic heterocycles. The maximum atomic E-state index is 8.87. The monoisotopic (exact) mass is 300 g/mol. The molecule has 1 atom stereocenters. The Morgan fingerprint density at radius 3 is 3.00 bits per heavy atom. The van der Waals surface area contributed by atoms with E-state index in [2.05, 4.69) is 26.3 Å². The van der Waals surface area contributed by atoms with Crippen molar-refractivity contribution in [2.75, 3.05) is 13.1 Å². The minimum Gasteiger partial charge on any atom is -0.294 e. The first-order valence-electron chi connectivity index (χ1n) is 7.30. The number of aromatic nitrogens is 4. The van der Waals surface area contributed by atoms with Crippen molar-refractivity contribution in [2.24, 2.45) is 0 Å². The molecule has 1 saturated heterocycles. The summed E-state index contributed by atoms with van der Waals surface area (Å²) < 4.78 is 1.92. The number of likely N-dealkylation sites (tertiary alicyclic amines) is 1. The van der Waals surface area contributed by atoms with E-state index in [1.807, 2.05) is 10.9 Å². The molecule has 0 radical (unpaired) electrons. The summed E-state index contributed by atoms with van der Waals surface area (Å²) in [5.41, 5.74) is 0.631. The summed E-state index contributed by atoms with van der Waals surface area (Å²) in [5, 5.41) is 24.1. The van der Waals surface area contributed by atoms with Crippen LogP contribution in [0.4, 0.5) is 0 Å². The van der Waals surface area contributed by atoms with Gasteiger partial charge in [0, 0.05) is 25.2 Å². The maximum Gasteiger partial charge on any atom is 0.131 e. The van der Waals surface area contributed by atoms with Crippen molar-refractivity contribution in [3.63, 3.8) is 0 Å². The average molecular weight is 300 g/mol. The molecule has 1 aliphatic heterocycles. The summed E-state index contributed by atoms with van der Waals surface area (Å²) in [6.07, 6.45) is 7.10. The van der Waals surface area contributed by atoms with Gasteiger partial charge in [-0.2, -0.15) is 10.4 Å². The summed E-state index contributed by atoms with van der Waals surface area (Å²) in [4.78, 5) is 2.40.